The largest absolute Gasteiger partial charge is 0.370 e. The molecule has 0 atom stereocenters. The molecule has 0 N–H and O–H groups in total. The second kappa shape index (κ2) is 5.31. The number of aryl methyl sites for hydroxylation is 1. The van der Waals surface area contributed by atoms with Crippen molar-refractivity contribution in [3.63, 3.8) is 0 Å². The molecule has 0 saturated heterocycles. The van der Waals surface area contributed by atoms with Crippen LogP contribution in [0.5, 0.6) is 0 Å². The maximum absolute atomic E-state index is 13.2. The quantitative estimate of drug-likeness (QED) is 0.502. The van der Waals surface area contributed by atoms with E-state index in [4.69, 9.17) is 14.7 Å². The number of rotatable bonds is 1. The highest BCUT2D eigenvalue weighted by atomic mass is 32.1. The molecule has 0 bridgehead atoms. The number of ether oxygens (including phenoxy) is 1. The fourth-order valence-electron chi connectivity index (χ4n) is 3.46. The zero-order valence-electron chi connectivity index (χ0n) is 14.7. The Morgan fingerprint density at radius 2 is 1.96 bits per heavy atom. The molecule has 4 aromatic rings. The summed E-state index contributed by atoms with van der Waals surface area (Å²) in [6, 6.07) is 6.25. The molecule has 5 rings (SSSR count). The lowest BCUT2D eigenvalue weighted by molar-refractivity contribution is -0.0379. The van der Waals surface area contributed by atoms with E-state index in [1.807, 2.05) is 6.92 Å². The van der Waals surface area contributed by atoms with Gasteiger partial charge in [-0.25, -0.2) is 14.4 Å². The minimum absolute atomic E-state index is 0.206. The van der Waals surface area contributed by atoms with E-state index in [0.717, 1.165) is 33.7 Å². The van der Waals surface area contributed by atoms with Crippen LogP contribution in [-0.4, -0.2) is 25.2 Å². The van der Waals surface area contributed by atoms with Gasteiger partial charge in [-0.15, -0.1) is 16.4 Å². The highest BCUT2D eigenvalue weighted by Gasteiger charge is 2.31. The van der Waals surface area contributed by atoms with Crippen LogP contribution in [0.1, 0.15) is 30.1 Å². The molecule has 0 fully saturated rings. The van der Waals surface area contributed by atoms with Crippen molar-refractivity contribution in [2.45, 2.75) is 39.4 Å². The standard InChI is InChI=1S/C19H17FN4OS/c1-10-21-18-15(13-8-19(2,3)25-9-14(13)26-18)17-22-16(23-24(10)17)11-4-6-12(20)7-5-11/h4-7H,8-9H2,1-3H3. The maximum atomic E-state index is 13.2. The van der Waals surface area contributed by atoms with Gasteiger partial charge in [0.15, 0.2) is 11.5 Å². The summed E-state index contributed by atoms with van der Waals surface area (Å²) >= 11 is 1.67. The lowest BCUT2D eigenvalue weighted by atomic mass is 9.94. The number of benzene rings is 1. The van der Waals surface area contributed by atoms with Crippen LogP contribution in [0, 0.1) is 12.7 Å². The number of fused-ring (bicyclic) bond motifs is 5. The summed E-state index contributed by atoms with van der Waals surface area (Å²) in [6.07, 6.45) is 0.821. The second-order valence-electron chi connectivity index (χ2n) is 7.25. The molecular formula is C19H17FN4OS. The molecule has 1 aliphatic heterocycles. The first-order valence-electron chi connectivity index (χ1n) is 8.49. The number of aromatic nitrogens is 4. The van der Waals surface area contributed by atoms with Crippen molar-refractivity contribution in [1.29, 1.82) is 0 Å². The lowest BCUT2D eigenvalue weighted by Gasteiger charge is -2.30. The van der Waals surface area contributed by atoms with Gasteiger partial charge in [0.1, 0.15) is 16.5 Å². The smallest absolute Gasteiger partial charge is 0.182 e. The minimum Gasteiger partial charge on any atom is -0.370 e. The van der Waals surface area contributed by atoms with Crippen molar-refractivity contribution in [3.05, 3.63) is 46.3 Å². The predicted octanol–water partition coefficient (Wildman–Crippen LogP) is 4.30. The zero-order valence-corrected chi connectivity index (χ0v) is 15.5. The molecule has 4 heterocycles. The molecule has 0 aliphatic carbocycles. The summed E-state index contributed by atoms with van der Waals surface area (Å²) < 4.78 is 21.0. The minimum atomic E-state index is -0.271. The Kier molecular flexibility index (Phi) is 3.24. The maximum Gasteiger partial charge on any atom is 0.182 e. The van der Waals surface area contributed by atoms with E-state index in [1.165, 1.54) is 22.6 Å². The Morgan fingerprint density at radius 3 is 2.73 bits per heavy atom. The average molecular weight is 368 g/mol. The van der Waals surface area contributed by atoms with Crippen LogP contribution in [0.25, 0.3) is 27.3 Å². The van der Waals surface area contributed by atoms with Crippen molar-refractivity contribution in [2.75, 3.05) is 0 Å². The summed E-state index contributed by atoms with van der Waals surface area (Å²) in [5.41, 5.74) is 2.65. The Balaban J connectivity index is 1.79. The monoisotopic (exact) mass is 368 g/mol. The summed E-state index contributed by atoms with van der Waals surface area (Å²) in [5.74, 6) is 1.09. The third-order valence-electron chi connectivity index (χ3n) is 4.77. The van der Waals surface area contributed by atoms with Crippen molar-refractivity contribution < 1.29 is 9.13 Å². The molecule has 132 valence electrons. The zero-order chi connectivity index (χ0) is 18.1. The van der Waals surface area contributed by atoms with Crippen molar-refractivity contribution >= 4 is 27.2 Å². The van der Waals surface area contributed by atoms with Crippen LogP contribution in [-0.2, 0) is 17.8 Å². The van der Waals surface area contributed by atoms with Crippen LogP contribution in [0.2, 0.25) is 0 Å². The van der Waals surface area contributed by atoms with Gasteiger partial charge in [-0.1, -0.05) is 0 Å². The van der Waals surface area contributed by atoms with E-state index < -0.39 is 0 Å². The normalized spacial score (nSPS) is 16.3. The van der Waals surface area contributed by atoms with E-state index in [9.17, 15) is 4.39 Å². The molecule has 0 unspecified atom stereocenters. The SMILES string of the molecule is Cc1nc2sc3c(c2c2nc(-c4ccc(F)cc4)nn12)CC(C)(C)OC3. The summed E-state index contributed by atoms with van der Waals surface area (Å²) in [6.45, 7) is 6.74. The van der Waals surface area contributed by atoms with Gasteiger partial charge in [0.05, 0.1) is 17.6 Å². The first kappa shape index (κ1) is 15.8. The molecule has 0 spiro atoms. The Hall–Kier alpha value is -2.38. The van der Waals surface area contributed by atoms with E-state index in [1.54, 1.807) is 28.0 Å². The molecule has 26 heavy (non-hydrogen) atoms. The van der Waals surface area contributed by atoms with E-state index >= 15 is 0 Å². The predicted molar refractivity (Wildman–Crippen MR) is 98.9 cm³/mol. The van der Waals surface area contributed by atoms with Crippen LogP contribution >= 0.6 is 11.3 Å². The van der Waals surface area contributed by atoms with Crippen molar-refractivity contribution in [1.82, 2.24) is 19.6 Å². The molecular weight excluding hydrogens is 351 g/mol. The van der Waals surface area contributed by atoms with Gasteiger partial charge in [-0.2, -0.15) is 4.52 Å². The van der Waals surface area contributed by atoms with Crippen LogP contribution < -0.4 is 0 Å². The Labute approximate surface area is 153 Å². The van der Waals surface area contributed by atoms with E-state index in [0.29, 0.717) is 12.4 Å². The van der Waals surface area contributed by atoms with Gasteiger partial charge in [-0.05, 0) is 50.6 Å². The number of hydrogen-bond acceptors (Lipinski definition) is 5. The summed E-state index contributed by atoms with van der Waals surface area (Å²) in [4.78, 5) is 11.7. The number of halogens is 1. The Morgan fingerprint density at radius 1 is 1.19 bits per heavy atom. The van der Waals surface area contributed by atoms with Gasteiger partial charge in [0.2, 0.25) is 0 Å². The molecule has 1 aliphatic rings. The van der Waals surface area contributed by atoms with Crippen LogP contribution in [0.4, 0.5) is 4.39 Å². The number of thiophene rings is 1. The molecule has 0 amide bonds. The van der Waals surface area contributed by atoms with Gasteiger partial charge < -0.3 is 4.74 Å². The van der Waals surface area contributed by atoms with Gasteiger partial charge in [-0.3, -0.25) is 0 Å². The first-order valence-corrected chi connectivity index (χ1v) is 9.30. The van der Waals surface area contributed by atoms with Gasteiger partial charge in [0.25, 0.3) is 0 Å². The van der Waals surface area contributed by atoms with Gasteiger partial charge in [0, 0.05) is 16.9 Å². The van der Waals surface area contributed by atoms with Crippen molar-refractivity contribution in [3.8, 4) is 11.4 Å². The lowest BCUT2D eigenvalue weighted by Crippen LogP contribution is -2.31. The molecule has 0 saturated carbocycles. The molecule has 3 aromatic heterocycles. The average Bonchev–Trinajstić information content (AvgIpc) is 3.16. The van der Waals surface area contributed by atoms with Crippen LogP contribution in [0.3, 0.4) is 0 Å². The topological polar surface area (TPSA) is 52.3 Å². The fraction of sp³-hybridized carbons (Fsp3) is 0.316. The van der Waals surface area contributed by atoms with E-state index in [2.05, 4.69) is 18.9 Å². The van der Waals surface area contributed by atoms with Gasteiger partial charge >= 0.3 is 0 Å². The van der Waals surface area contributed by atoms with Crippen molar-refractivity contribution in [2.24, 2.45) is 0 Å². The molecule has 1 aromatic carbocycles. The summed E-state index contributed by atoms with van der Waals surface area (Å²) in [7, 11) is 0. The third kappa shape index (κ3) is 2.34. The van der Waals surface area contributed by atoms with Crippen LogP contribution in [0.15, 0.2) is 24.3 Å². The number of nitrogens with zero attached hydrogens (tertiary/aromatic N) is 4. The molecule has 0 radical (unpaired) electrons. The Bertz CT molecular complexity index is 1160. The highest BCUT2D eigenvalue weighted by Crippen LogP contribution is 2.40. The summed E-state index contributed by atoms with van der Waals surface area (Å²) in [5, 5.41) is 5.68. The number of hydrogen-bond donors (Lipinski definition) is 0. The molecule has 5 nitrogen and oxygen atoms in total. The second-order valence-corrected chi connectivity index (χ2v) is 8.33. The first-order chi connectivity index (χ1) is 12.4. The molecule has 7 heteroatoms. The third-order valence-corrected chi connectivity index (χ3v) is 5.87. The van der Waals surface area contributed by atoms with E-state index in [-0.39, 0.29) is 11.4 Å². The highest BCUT2D eigenvalue weighted by molar-refractivity contribution is 7.19. The fourth-order valence-corrected chi connectivity index (χ4v) is 4.61.